The molecule has 0 radical (unpaired) electrons. The first kappa shape index (κ1) is 12.7. The molecular formula is C12H15N3O3S. The summed E-state index contributed by atoms with van der Waals surface area (Å²) in [7, 11) is 0. The Kier molecular flexibility index (Phi) is 4.16. The van der Waals surface area contributed by atoms with Gasteiger partial charge in [0.1, 0.15) is 0 Å². The molecule has 7 heteroatoms. The average Bonchev–Trinajstić information content (AvgIpc) is 3.10. The minimum Gasteiger partial charge on any atom is -0.459 e. The molecule has 2 aromatic rings. The minimum absolute atomic E-state index is 0.430. The molecule has 0 saturated carbocycles. The van der Waals surface area contributed by atoms with Crippen LogP contribution in [-0.4, -0.2) is 53.7 Å². The smallest absolute Gasteiger partial charge is 0.284 e. The van der Waals surface area contributed by atoms with E-state index in [1.165, 1.54) is 0 Å². The van der Waals surface area contributed by atoms with Gasteiger partial charge in [-0.05, 0) is 12.1 Å². The standard InChI is InChI=1S/C12H15N3O3S/c1-2-10(17-6-1)11-13-14-12(18-11)19-9-5-15-3-7-16-8-4-15/h1-2,6H,3-5,7-9H2. The molecule has 1 aliphatic rings. The van der Waals surface area contributed by atoms with Gasteiger partial charge in [0.25, 0.3) is 11.1 Å². The number of aromatic nitrogens is 2. The van der Waals surface area contributed by atoms with E-state index in [2.05, 4.69) is 15.1 Å². The largest absolute Gasteiger partial charge is 0.459 e. The van der Waals surface area contributed by atoms with Crippen LogP contribution in [0.5, 0.6) is 0 Å². The molecule has 19 heavy (non-hydrogen) atoms. The van der Waals surface area contributed by atoms with E-state index in [0.717, 1.165) is 38.6 Å². The Bertz CT molecular complexity index is 494. The highest BCUT2D eigenvalue weighted by Crippen LogP contribution is 2.23. The van der Waals surface area contributed by atoms with Gasteiger partial charge in [-0.3, -0.25) is 4.90 Å². The quantitative estimate of drug-likeness (QED) is 0.774. The molecule has 0 aliphatic carbocycles. The Morgan fingerprint density at radius 2 is 2.16 bits per heavy atom. The topological polar surface area (TPSA) is 64.5 Å². The molecule has 0 unspecified atom stereocenters. The van der Waals surface area contributed by atoms with E-state index in [-0.39, 0.29) is 0 Å². The van der Waals surface area contributed by atoms with E-state index < -0.39 is 0 Å². The molecule has 3 heterocycles. The Balaban J connectivity index is 1.48. The molecule has 6 nitrogen and oxygen atoms in total. The summed E-state index contributed by atoms with van der Waals surface area (Å²) in [6, 6.07) is 3.60. The van der Waals surface area contributed by atoms with Gasteiger partial charge in [-0.2, -0.15) is 0 Å². The van der Waals surface area contributed by atoms with Crippen LogP contribution in [0.25, 0.3) is 11.7 Å². The molecule has 2 aromatic heterocycles. The van der Waals surface area contributed by atoms with Crippen LogP contribution in [0.2, 0.25) is 0 Å². The van der Waals surface area contributed by atoms with Gasteiger partial charge in [0.2, 0.25) is 0 Å². The zero-order valence-corrected chi connectivity index (χ0v) is 11.3. The van der Waals surface area contributed by atoms with Crippen LogP contribution in [0.4, 0.5) is 0 Å². The lowest BCUT2D eigenvalue weighted by Gasteiger charge is -2.25. The maximum Gasteiger partial charge on any atom is 0.284 e. The summed E-state index contributed by atoms with van der Waals surface area (Å²) < 4.78 is 16.0. The van der Waals surface area contributed by atoms with Crippen molar-refractivity contribution in [3.8, 4) is 11.7 Å². The van der Waals surface area contributed by atoms with Crippen molar-refractivity contribution in [2.24, 2.45) is 0 Å². The van der Waals surface area contributed by atoms with Gasteiger partial charge in [-0.1, -0.05) is 11.8 Å². The summed E-state index contributed by atoms with van der Waals surface area (Å²) in [5.74, 6) is 1.96. The molecule has 0 bridgehead atoms. The summed E-state index contributed by atoms with van der Waals surface area (Å²) in [5, 5.41) is 8.54. The van der Waals surface area contributed by atoms with Crippen molar-refractivity contribution in [1.82, 2.24) is 15.1 Å². The number of morpholine rings is 1. The second-order valence-corrected chi connectivity index (χ2v) is 5.20. The van der Waals surface area contributed by atoms with Crippen molar-refractivity contribution in [2.45, 2.75) is 5.22 Å². The Hall–Kier alpha value is -1.31. The second-order valence-electron chi connectivity index (χ2n) is 4.15. The Morgan fingerprint density at radius 3 is 2.95 bits per heavy atom. The number of hydrogen-bond acceptors (Lipinski definition) is 7. The van der Waals surface area contributed by atoms with Crippen molar-refractivity contribution in [3.05, 3.63) is 18.4 Å². The fourth-order valence-corrected chi connectivity index (χ4v) is 2.62. The van der Waals surface area contributed by atoms with Crippen LogP contribution in [0, 0.1) is 0 Å². The summed E-state index contributed by atoms with van der Waals surface area (Å²) >= 11 is 1.57. The maximum absolute atomic E-state index is 5.52. The van der Waals surface area contributed by atoms with Gasteiger partial charge in [0.05, 0.1) is 19.5 Å². The second kappa shape index (κ2) is 6.23. The highest BCUT2D eigenvalue weighted by Gasteiger charge is 2.13. The number of ether oxygens (including phenoxy) is 1. The first-order valence-corrected chi connectivity index (χ1v) is 7.21. The zero-order chi connectivity index (χ0) is 12.9. The SMILES string of the molecule is c1coc(-c2nnc(SCCN3CCOCC3)o2)c1. The van der Waals surface area contributed by atoms with Gasteiger partial charge in [-0.15, -0.1) is 10.2 Å². The third kappa shape index (κ3) is 3.37. The number of hydrogen-bond donors (Lipinski definition) is 0. The van der Waals surface area contributed by atoms with Crippen molar-refractivity contribution in [1.29, 1.82) is 0 Å². The predicted molar refractivity (Wildman–Crippen MR) is 70.0 cm³/mol. The average molecular weight is 281 g/mol. The molecule has 0 N–H and O–H groups in total. The van der Waals surface area contributed by atoms with Gasteiger partial charge in [-0.25, -0.2) is 0 Å². The molecule has 1 fully saturated rings. The fraction of sp³-hybridized carbons (Fsp3) is 0.500. The summed E-state index contributed by atoms with van der Waals surface area (Å²) in [4.78, 5) is 2.38. The van der Waals surface area contributed by atoms with Gasteiger partial charge in [0.15, 0.2) is 5.76 Å². The van der Waals surface area contributed by atoms with Crippen molar-refractivity contribution in [2.75, 3.05) is 38.6 Å². The normalized spacial score (nSPS) is 16.8. The monoisotopic (exact) mass is 281 g/mol. The Labute approximate surface area is 115 Å². The maximum atomic E-state index is 5.52. The van der Waals surface area contributed by atoms with Crippen LogP contribution >= 0.6 is 11.8 Å². The fourth-order valence-electron chi connectivity index (χ4n) is 1.85. The Morgan fingerprint density at radius 1 is 1.26 bits per heavy atom. The number of furan rings is 1. The van der Waals surface area contributed by atoms with E-state index in [4.69, 9.17) is 13.6 Å². The van der Waals surface area contributed by atoms with Gasteiger partial charge < -0.3 is 13.6 Å². The third-order valence-electron chi connectivity index (χ3n) is 2.88. The first-order valence-electron chi connectivity index (χ1n) is 6.22. The lowest BCUT2D eigenvalue weighted by atomic mass is 10.4. The van der Waals surface area contributed by atoms with Crippen LogP contribution in [-0.2, 0) is 4.74 Å². The van der Waals surface area contributed by atoms with E-state index in [0.29, 0.717) is 16.9 Å². The lowest BCUT2D eigenvalue weighted by Crippen LogP contribution is -2.37. The molecule has 1 saturated heterocycles. The van der Waals surface area contributed by atoms with Crippen molar-refractivity contribution >= 4 is 11.8 Å². The van der Waals surface area contributed by atoms with Crippen LogP contribution in [0.1, 0.15) is 0 Å². The number of nitrogens with zero attached hydrogens (tertiary/aromatic N) is 3. The molecular weight excluding hydrogens is 266 g/mol. The zero-order valence-electron chi connectivity index (χ0n) is 10.4. The molecule has 3 rings (SSSR count). The molecule has 0 spiro atoms. The first-order chi connectivity index (χ1) is 9.42. The predicted octanol–water partition coefficient (Wildman–Crippen LogP) is 1.75. The summed E-state index contributed by atoms with van der Waals surface area (Å²) in [6.45, 7) is 4.66. The van der Waals surface area contributed by atoms with Gasteiger partial charge >= 0.3 is 0 Å². The van der Waals surface area contributed by atoms with Crippen molar-refractivity contribution in [3.63, 3.8) is 0 Å². The van der Waals surface area contributed by atoms with E-state index in [1.54, 1.807) is 30.2 Å². The summed E-state index contributed by atoms with van der Waals surface area (Å²) in [5.41, 5.74) is 0. The molecule has 0 atom stereocenters. The molecule has 102 valence electrons. The van der Waals surface area contributed by atoms with E-state index >= 15 is 0 Å². The highest BCUT2D eigenvalue weighted by molar-refractivity contribution is 7.99. The van der Waals surface area contributed by atoms with E-state index in [1.807, 2.05) is 0 Å². The highest BCUT2D eigenvalue weighted by atomic mass is 32.2. The minimum atomic E-state index is 0.430. The molecule has 0 aromatic carbocycles. The molecule has 1 aliphatic heterocycles. The van der Waals surface area contributed by atoms with E-state index in [9.17, 15) is 0 Å². The number of rotatable bonds is 5. The number of thioether (sulfide) groups is 1. The van der Waals surface area contributed by atoms with Crippen LogP contribution < -0.4 is 0 Å². The summed E-state index contributed by atoms with van der Waals surface area (Å²) in [6.07, 6.45) is 1.59. The van der Waals surface area contributed by atoms with Crippen molar-refractivity contribution < 1.29 is 13.6 Å². The van der Waals surface area contributed by atoms with Gasteiger partial charge in [0, 0.05) is 25.4 Å². The van der Waals surface area contributed by atoms with Crippen LogP contribution in [0.3, 0.4) is 0 Å². The lowest BCUT2D eigenvalue weighted by molar-refractivity contribution is 0.0410. The third-order valence-corrected chi connectivity index (χ3v) is 3.67. The molecule has 0 amide bonds. The van der Waals surface area contributed by atoms with Crippen LogP contribution in [0.15, 0.2) is 32.5 Å².